The zero-order chi connectivity index (χ0) is 34.1. The summed E-state index contributed by atoms with van der Waals surface area (Å²) in [6.45, 7) is 3.56. The molecule has 1 aromatic heterocycles. The van der Waals surface area contributed by atoms with E-state index >= 15 is 0 Å². The van der Waals surface area contributed by atoms with E-state index < -0.39 is 22.2 Å². The largest absolute Gasteiger partial charge is 0.486 e. The molecule has 4 rings (SSSR count). The Kier molecular flexibility index (Phi) is 12.4. The highest BCUT2D eigenvalue weighted by Gasteiger charge is 2.36. The van der Waals surface area contributed by atoms with Gasteiger partial charge in [-0.2, -0.15) is 4.31 Å². The highest BCUT2D eigenvalue weighted by Crippen LogP contribution is 2.35. The molecule has 5 N–H and O–H groups in total. The van der Waals surface area contributed by atoms with Crippen LogP contribution in [0.25, 0.3) is 0 Å². The number of rotatable bonds is 14. The van der Waals surface area contributed by atoms with Crippen molar-refractivity contribution in [1.82, 2.24) is 9.21 Å². The molecular weight excluding hydrogens is 643 g/mol. The molecule has 3 amide bonds. The van der Waals surface area contributed by atoms with Gasteiger partial charge in [0.1, 0.15) is 10.3 Å². The molecule has 47 heavy (non-hydrogen) atoms. The number of aliphatic hydroxyl groups is 1. The summed E-state index contributed by atoms with van der Waals surface area (Å²) >= 11 is 1.12. The molecule has 0 bridgehead atoms. The summed E-state index contributed by atoms with van der Waals surface area (Å²) in [5.74, 6) is -0.990. The number of unbranched alkanes of at least 4 members (excludes halogenated alkanes) is 2. The number of likely N-dealkylation sites (N-methyl/N-ethyl adjacent to an activating group) is 1. The van der Waals surface area contributed by atoms with Gasteiger partial charge in [-0.05, 0) is 55.5 Å². The molecular formula is C33H43N5O7S2. The van der Waals surface area contributed by atoms with Gasteiger partial charge < -0.3 is 31.1 Å². The second kappa shape index (κ2) is 16.2. The number of thiophene rings is 1. The summed E-state index contributed by atoms with van der Waals surface area (Å²) in [5, 5.41) is 17.3. The Morgan fingerprint density at radius 1 is 1.04 bits per heavy atom. The minimum atomic E-state index is -3.78. The van der Waals surface area contributed by atoms with Crippen LogP contribution < -0.4 is 21.1 Å². The zero-order valence-electron chi connectivity index (χ0n) is 26.8. The first-order valence-electron chi connectivity index (χ1n) is 15.6. The lowest BCUT2D eigenvalue weighted by molar-refractivity contribution is -0.116. The molecule has 12 nitrogen and oxygen atoms in total. The smallest absolute Gasteiger partial charge is 0.258 e. The van der Waals surface area contributed by atoms with Gasteiger partial charge in [0.2, 0.25) is 11.8 Å². The van der Waals surface area contributed by atoms with Crippen molar-refractivity contribution in [3.63, 3.8) is 0 Å². The molecule has 3 aromatic rings. The number of ether oxygens (including phenoxy) is 1. The number of hydrogen-bond donors (Lipinski definition) is 4. The quantitative estimate of drug-likeness (QED) is 0.143. The Hall–Kier alpha value is -3.98. The number of carbonyl (C=O) groups is 3. The van der Waals surface area contributed by atoms with Crippen LogP contribution in [0.3, 0.4) is 0 Å². The Bertz CT molecular complexity index is 1650. The third kappa shape index (κ3) is 9.10. The van der Waals surface area contributed by atoms with Gasteiger partial charge >= 0.3 is 0 Å². The van der Waals surface area contributed by atoms with Crippen molar-refractivity contribution in [1.29, 1.82) is 0 Å². The molecule has 2 aromatic carbocycles. The number of hydrogen-bond acceptors (Lipinski definition) is 9. The first-order chi connectivity index (χ1) is 22.4. The van der Waals surface area contributed by atoms with E-state index in [9.17, 15) is 27.9 Å². The van der Waals surface area contributed by atoms with Gasteiger partial charge in [0.05, 0.1) is 41.8 Å². The average molecular weight is 686 g/mol. The van der Waals surface area contributed by atoms with Gasteiger partial charge in [-0.15, -0.1) is 11.3 Å². The van der Waals surface area contributed by atoms with E-state index in [0.717, 1.165) is 11.3 Å². The fourth-order valence-corrected chi connectivity index (χ4v) is 7.64. The highest BCUT2D eigenvalue weighted by atomic mass is 32.2. The topological polar surface area (TPSA) is 171 Å². The SMILES string of the molecule is C[C@H](CO)N1C[C@H](C)[C@H](CN(C)S(=O)(=O)c2cccs2)Oc2c(NC(=O)CCCCCC(=O)Nc3ccccc3N)cccc2C1=O. The van der Waals surface area contributed by atoms with Crippen LogP contribution in [0, 0.1) is 5.92 Å². The molecule has 3 atom stereocenters. The van der Waals surface area contributed by atoms with Gasteiger partial charge in [0, 0.05) is 32.4 Å². The Morgan fingerprint density at radius 3 is 2.34 bits per heavy atom. The minimum Gasteiger partial charge on any atom is -0.486 e. The number of nitrogens with zero attached hydrogens (tertiary/aromatic N) is 2. The number of nitrogen functional groups attached to an aromatic ring is 1. The number of fused-ring (bicyclic) bond motifs is 1. The van der Waals surface area contributed by atoms with E-state index in [0.29, 0.717) is 36.3 Å². The molecule has 254 valence electrons. The van der Waals surface area contributed by atoms with Crippen LogP contribution >= 0.6 is 11.3 Å². The number of sulfonamides is 1. The second-order valence-corrected chi connectivity index (χ2v) is 15.0. The van der Waals surface area contributed by atoms with E-state index in [2.05, 4.69) is 10.6 Å². The molecule has 0 unspecified atom stereocenters. The van der Waals surface area contributed by atoms with Gasteiger partial charge in [0.25, 0.3) is 15.9 Å². The lowest BCUT2D eigenvalue weighted by atomic mass is 9.99. The van der Waals surface area contributed by atoms with Crippen molar-refractivity contribution in [2.45, 2.75) is 62.3 Å². The predicted octanol–water partition coefficient (Wildman–Crippen LogP) is 4.40. The number of carbonyl (C=O) groups excluding carboxylic acids is 3. The summed E-state index contributed by atoms with van der Waals surface area (Å²) in [6, 6.07) is 14.6. The molecule has 0 saturated heterocycles. The van der Waals surface area contributed by atoms with Crippen LogP contribution in [-0.2, 0) is 19.6 Å². The van der Waals surface area contributed by atoms with Crippen molar-refractivity contribution < 1.29 is 32.6 Å². The molecule has 0 aliphatic carbocycles. The molecule has 14 heteroatoms. The number of nitrogens with one attached hydrogen (secondary N) is 2. The Morgan fingerprint density at radius 2 is 1.70 bits per heavy atom. The van der Waals surface area contributed by atoms with E-state index in [1.165, 1.54) is 11.4 Å². The third-order valence-corrected chi connectivity index (χ3v) is 11.3. The Balaban J connectivity index is 1.45. The van der Waals surface area contributed by atoms with Crippen LogP contribution in [0.1, 0.15) is 56.3 Å². The molecule has 0 saturated carbocycles. The number of anilines is 3. The molecule has 1 aliphatic rings. The summed E-state index contributed by atoms with van der Waals surface area (Å²) < 4.78 is 34.4. The summed E-state index contributed by atoms with van der Waals surface area (Å²) in [7, 11) is -2.29. The normalized spacial score (nSPS) is 17.3. The highest BCUT2D eigenvalue weighted by molar-refractivity contribution is 7.91. The van der Waals surface area contributed by atoms with E-state index in [1.807, 2.05) is 6.92 Å². The fraction of sp³-hybridized carbons (Fsp3) is 0.424. The van der Waals surface area contributed by atoms with Gasteiger partial charge in [-0.25, -0.2) is 8.42 Å². The molecule has 2 heterocycles. The molecule has 0 spiro atoms. The fourth-order valence-electron chi connectivity index (χ4n) is 5.26. The lowest BCUT2D eigenvalue weighted by Gasteiger charge is -2.38. The van der Waals surface area contributed by atoms with Crippen molar-refractivity contribution in [3.05, 3.63) is 65.5 Å². The maximum Gasteiger partial charge on any atom is 0.258 e. The van der Waals surface area contributed by atoms with Crippen LogP contribution in [0.2, 0.25) is 0 Å². The van der Waals surface area contributed by atoms with E-state index in [-0.39, 0.29) is 71.7 Å². The maximum atomic E-state index is 13.7. The third-order valence-electron chi connectivity index (χ3n) is 8.10. The number of para-hydroxylation sites is 3. The standard InChI is InChI=1S/C33H43N5O7S2/c1-22-19-38(23(2)21-39)33(42)24-11-9-14-27(32(24)45-28(22)20-37(3)47(43,44)31-17-10-18-46-31)36-30(41)16-6-4-5-15-29(40)35-26-13-8-7-12-25(26)34/h7-14,17-18,22-23,28,39H,4-6,15-16,19-21,34H2,1-3H3,(H,35,40)(H,36,41)/t22-,23+,28-/m0/s1. The number of nitrogens with two attached hydrogens (primary N) is 1. The number of benzene rings is 2. The maximum absolute atomic E-state index is 13.7. The first-order valence-corrected chi connectivity index (χ1v) is 17.9. The van der Waals surface area contributed by atoms with Crippen molar-refractivity contribution in [2.24, 2.45) is 5.92 Å². The summed E-state index contributed by atoms with van der Waals surface area (Å²) in [5.41, 5.74) is 7.43. The first kappa shape index (κ1) is 35.9. The number of amides is 3. The van der Waals surface area contributed by atoms with Crippen molar-refractivity contribution >= 4 is 56.1 Å². The van der Waals surface area contributed by atoms with E-state index in [4.69, 9.17) is 10.5 Å². The van der Waals surface area contributed by atoms with Gasteiger partial charge in [-0.3, -0.25) is 14.4 Å². The predicted molar refractivity (Wildman–Crippen MR) is 183 cm³/mol. The van der Waals surface area contributed by atoms with E-state index in [1.54, 1.807) is 71.8 Å². The minimum absolute atomic E-state index is 0.0108. The lowest BCUT2D eigenvalue weighted by Crippen LogP contribution is -2.50. The van der Waals surface area contributed by atoms with Crippen LogP contribution in [0.15, 0.2) is 64.2 Å². The van der Waals surface area contributed by atoms with Gasteiger partial charge in [-0.1, -0.05) is 37.6 Å². The molecule has 1 aliphatic heterocycles. The summed E-state index contributed by atoms with van der Waals surface area (Å²) in [6.07, 6.45) is 1.55. The van der Waals surface area contributed by atoms with Crippen LogP contribution in [-0.4, -0.2) is 79.3 Å². The van der Waals surface area contributed by atoms with Crippen molar-refractivity contribution in [2.75, 3.05) is 43.1 Å². The monoisotopic (exact) mass is 685 g/mol. The average Bonchev–Trinajstić information content (AvgIpc) is 3.60. The molecule has 0 radical (unpaired) electrons. The summed E-state index contributed by atoms with van der Waals surface area (Å²) in [4.78, 5) is 40.6. The number of aliphatic hydroxyl groups excluding tert-OH is 1. The van der Waals surface area contributed by atoms with Gasteiger partial charge in [0.15, 0.2) is 5.75 Å². The van der Waals surface area contributed by atoms with Crippen molar-refractivity contribution in [3.8, 4) is 5.75 Å². The van der Waals surface area contributed by atoms with Crippen LogP contribution in [0.4, 0.5) is 17.1 Å². The second-order valence-electron chi connectivity index (χ2n) is 11.8. The zero-order valence-corrected chi connectivity index (χ0v) is 28.5. The Labute approximate surface area is 279 Å². The molecule has 0 fully saturated rings. The van der Waals surface area contributed by atoms with Crippen LogP contribution in [0.5, 0.6) is 5.75 Å².